The molecule has 0 fully saturated rings. The van der Waals surface area contributed by atoms with Gasteiger partial charge in [0.2, 0.25) is 0 Å². The Morgan fingerprint density at radius 1 is 1.12 bits per heavy atom. The van der Waals surface area contributed by atoms with Crippen LogP contribution in [0, 0.1) is 5.92 Å². The second-order valence-electron chi connectivity index (χ2n) is 4.76. The summed E-state index contributed by atoms with van der Waals surface area (Å²) < 4.78 is 0. The summed E-state index contributed by atoms with van der Waals surface area (Å²) in [6, 6.07) is 8.20. The first-order valence-electron chi connectivity index (χ1n) is 5.95. The Balaban J connectivity index is 2.61. The lowest BCUT2D eigenvalue weighted by Crippen LogP contribution is -2.18. The zero-order valence-corrected chi connectivity index (χ0v) is 11.1. The Morgan fingerprint density at radius 3 is 2.47 bits per heavy atom. The summed E-state index contributed by atoms with van der Waals surface area (Å²) in [6.07, 6.45) is 1.80. The molecule has 0 bridgehead atoms. The van der Waals surface area contributed by atoms with Gasteiger partial charge in [0.05, 0.1) is 11.9 Å². The lowest BCUT2D eigenvalue weighted by atomic mass is 9.87. The van der Waals surface area contributed by atoms with Gasteiger partial charge in [-0.25, -0.2) is 0 Å². The fourth-order valence-electron chi connectivity index (χ4n) is 2.36. The summed E-state index contributed by atoms with van der Waals surface area (Å²) in [5.41, 5.74) is 1.01. The van der Waals surface area contributed by atoms with E-state index in [1.807, 2.05) is 19.1 Å². The van der Waals surface area contributed by atoms with E-state index in [1.165, 1.54) is 0 Å². The van der Waals surface area contributed by atoms with E-state index < -0.39 is 0 Å². The zero-order chi connectivity index (χ0) is 12.4. The third kappa shape index (κ3) is 2.42. The largest absolute Gasteiger partial charge is 0.158 e. The van der Waals surface area contributed by atoms with Crippen LogP contribution < -0.4 is 0 Å². The van der Waals surface area contributed by atoms with Crippen molar-refractivity contribution in [3.05, 3.63) is 36.2 Å². The Labute approximate surface area is 107 Å². The lowest BCUT2D eigenvalue weighted by Gasteiger charge is -2.23. The van der Waals surface area contributed by atoms with Crippen LogP contribution in [0.4, 0.5) is 0 Å². The molecule has 2 atom stereocenters. The molecule has 0 aliphatic rings. The number of hydrogen-bond acceptors (Lipinski definition) is 2. The molecule has 1 aromatic heterocycles. The predicted octanol–water partition coefficient (Wildman–Crippen LogP) is 4.00. The van der Waals surface area contributed by atoms with Gasteiger partial charge < -0.3 is 0 Å². The van der Waals surface area contributed by atoms with Crippen LogP contribution in [-0.2, 0) is 0 Å². The van der Waals surface area contributed by atoms with Crippen LogP contribution in [0.2, 0.25) is 0 Å². The molecule has 1 heterocycles. The molecule has 1 aromatic carbocycles. The molecule has 0 aliphatic carbocycles. The number of rotatable bonds is 3. The Bertz CT molecular complexity index is 495. The standard InChI is InChI=1S/C14H17ClN2/c1-9(2)13(10(3)15)14-12-7-5-4-6-11(12)8-16-17-14/h4-10,13H,1-3H3. The van der Waals surface area contributed by atoms with E-state index in [2.05, 4.69) is 36.2 Å². The molecule has 2 unspecified atom stereocenters. The average Bonchev–Trinajstić information content (AvgIpc) is 2.28. The first kappa shape index (κ1) is 12.3. The number of fused-ring (bicyclic) bond motifs is 1. The van der Waals surface area contributed by atoms with Crippen molar-refractivity contribution < 1.29 is 0 Å². The summed E-state index contributed by atoms with van der Waals surface area (Å²) in [7, 11) is 0. The summed E-state index contributed by atoms with van der Waals surface area (Å²) in [5, 5.41) is 10.7. The van der Waals surface area contributed by atoms with Crippen LogP contribution >= 0.6 is 11.6 Å². The molecule has 0 amide bonds. The number of halogens is 1. The molecule has 90 valence electrons. The number of aromatic nitrogens is 2. The highest BCUT2D eigenvalue weighted by molar-refractivity contribution is 6.21. The van der Waals surface area contributed by atoms with Crippen molar-refractivity contribution in [2.24, 2.45) is 5.92 Å². The van der Waals surface area contributed by atoms with Gasteiger partial charge in [-0.15, -0.1) is 11.6 Å². The van der Waals surface area contributed by atoms with Crippen molar-refractivity contribution in [1.29, 1.82) is 0 Å². The lowest BCUT2D eigenvalue weighted by molar-refractivity contribution is 0.479. The van der Waals surface area contributed by atoms with Crippen LogP contribution in [0.25, 0.3) is 10.8 Å². The molecular formula is C14H17ClN2. The molecule has 0 saturated carbocycles. The van der Waals surface area contributed by atoms with Crippen molar-refractivity contribution in [3.8, 4) is 0 Å². The Hall–Kier alpha value is -1.15. The SMILES string of the molecule is CC(C)C(c1nncc2ccccc12)C(C)Cl. The molecule has 2 aromatic rings. The van der Waals surface area contributed by atoms with Crippen LogP contribution in [-0.4, -0.2) is 15.6 Å². The monoisotopic (exact) mass is 248 g/mol. The molecule has 0 saturated heterocycles. The summed E-state index contributed by atoms with van der Waals surface area (Å²) in [5.74, 6) is 0.679. The molecular weight excluding hydrogens is 232 g/mol. The minimum absolute atomic E-state index is 0.0510. The summed E-state index contributed by atoms with van der Waals surface area (Å²) in [4.78, 5) is 0. The molecule has 17 heavy (non-hydrogen) atoms. The van der Waals surface area contributed by atoms with Crippen molar-refractivity contribution in [3.63, 3.8) is 0 Å². The number of benzene rings is 1. The molecule has 2 rings (SSSR count). The maximum atomic E-state index is 6.31. The van der Waals surface area contributed by atoms with Gasteiger partial charge in [0.15, 0.2) is 0 Å². The minimum atomic E-state index is 0.0510. The number of nitrogens with zero attached hydrogens (tertiary/aromatic N) is 2. The van der Waals surface area contributed by atoms with Gasteiger partial charge in [-0.2, -0.15) is 10.2 Å². The van der Waals surface area contributed by atoms with Crippen LogP contribution in [0.15, 0.2) is 30.5 Å². The minimum Gasteiger partial charge on any atom is -0.158 e. The molecule has 0 aliphatic heterocycles. The maximum Gasteiger partial charge on any atom is 0.0757 e. The Kier molecular flexibility index (Phi) is 3.63. The third-order valence-corrected chi connectivity index (χ3v) is 3.40. The van der Waals surface area contributed by atoms with Gasteiger partial charge in [-0.3, -0.25) is 0 Å². The highest BCUT2D eigenvalue weighted by Crippen LogP contribution is 2.33. The first-order valence-corrected chi connectivity index (χ1v) is 6.39. The van der Waals surface area contributed by atoms with Crippen molar-refractivity contribution in [2.75, 3.05) is 0 Å². The van der Waals surface area contributed by atoms with Gasteiger partial charge in [-0.05, 0) is 12.8 Å². The highest BCUT2D eigenvalue weighted by Gasteiger charge is 2.24. The van der Waals surface area contributed by atoms with E-state index >= 15 is 0 Å². The van der Waals surface area contributed by atoms with E-state index in [-0.39, 0.29) is 11.3 Å². The van der Waals surface area contributed by atoms with Gasteiger partial charge in [-0.1, -0.05) is 38.1 Å². The molecule has 0 spiro atoms. The summed E-state index contributed by atoms with van der Waals surface area (Å²) in [6.45, 7) is 6.37. The number of alkyl halides is 1. The van der Waals surface area contributed by atoms with E-state index in [0.717, 1.165) is 16.5 Å². The maximum absolute atomic E-state index is 6.31. The Morgan fingerprint density at radius 2 is 1.82 bits per heavy atom. The third-order valence-electron chi connectivity index (χ3n) is 3.13. The van der Waals surface area contributed by atoms with E-state index in [9.17, 15) is 0 Å². The highest BCUT2D eigenvalue weighted by atomic mass is 35.5. The summed E-state index contributed by atoms with van der Waals surface area (Å²) >= 11 is 6.31. The van der Waals surface area contributed by atoms with Crippen LogP contribution in [0.5, 0.6) is 0 Å². The van der Waals surface area contributed by atoms with E-state index in [0.29, 0.717) is 5.92 Å². The van der Waals surface area contributed by atoms with Crippen molar-refractivity contribution in [1.82, 2.24) is 10.2 Å². The van der Waals surface area contributed by atoms with E-state index in [1.54, 1.807) is 6.20 Å². The fourth-order valence-corrected chi connectivity index (χ4v) is 2.77. The molecule has 3 heteroatoms. The quantitative estimate of drug-likeness (QED) is 0.768. The predicted molar refractivity (Wildman–Crippen MR) is 72.4 cm³/mol. The van der Waals surface area contributed by atoms with Crippen molar-refractivity contribution in [2.45, 2.75) is 32.1 Å². The second-order valence-corrected chi connectivity index (χ2v) is 5.45. The smallest absolute Gasteiger partial charge is 0.0757 e. The normalized spacial score (nSPS) is 15.1. The molecule has 0 N–H and O–H groups in total. The van der Waals surface area contributed by atoms with Gasteiger partial charge in [0, 0.05) is 22.1 Å². The van der Waals surface area contributed by atoms with Gasteiger partial charge >= 0.3 is 0 Å². The molecule has 2 nitrogen and oxygen atoms in total. The van der Waals surface area contributed by atoms with Gasteiger partial charge in [0.1, 0.15) is 0 Å². The second kappa shape index (κ2) is 5.01. The fraction of sp³-hybridized carbons (Fsp3) is 0.429. The van der Waals surface area contributed by atoms with E-state index in [4.69, 9.17) is 11.6 Å². The first-order chi connectivity index (χ1) is 8.11. The van der Waals surface area contributed by atoms with Crippen molar-refractivity contribution >= 4 is 22.4 Å². The van der Waals surface area contributed by atoms with Crippen LogP contribution in [0.1, 0.15) is 32.4 Å². The zero-order valence-electron chi connectivity index (χ0n) is 10.4. The number of hydrogen-bond donors (Lipinski definition) is 0. The van der Waals surface area contributed by atoms with Gasteiger partial charge in [0.25, 0.3) is 0 Å². The average molecular weight is 249 g/mol. The van der Waals surface area contributed by atoms with Crippen LogP contribution in [0.3, 0.4) is 0 Å². The topological polar surface area (TPSA) is 25.8 Å². The molecule has 0 radical (unpaired) electrons.